The summed E-state index contributed by atoms with van der Waals surface area (Å²) in [7, 11) is 5.73. The molecule has 632 valence electrons. The monoisotopic (exact) mass is 1800 g/mol. The zero-order valence-electron chi connectivity index (χ0n) is 63.6. The average molecular weight is 1800 g/mol. The number of pyridine rings is 1. The molecule has 0 fully saturated rings. The van der Waals surface area contributed by atoms with Crippen molar-refractivity contribution < 1.29 is 104 Å². The fourth-order valence-electron chi connectivity index (χ4n) is 9.60. The minimum atomic E-state index is -0.915. The molecule has 0 amide bonds. The van der Waals surface area contributed by atoms with Crippen LogP contribution in [0.25, 0.3) is 0 Å². The van der Waals surface area contributed by atoms with Gasteiger partial charge in [0.25, 0.3) is 53.0 Å². The SMILES string of the molecule is CN=C(C1=NOCCO1)c1ccccc1Oc1ncnc(Oc2ccccc2Cl)c1F.CO/N=C(\C1=NOCCO1)c1ccccc1O.CO/N=C(\C1=NOCCO1)c1ccccc1Oc1ncnc(Cl)c1F.CO/N=C(\C1=NOCCO1)c1ccccc1Oc1ncnc(Oc2ccccc2Cl)c1F.Fc1c(Cl)ccnc1Cl.Oc1ccccc1Cl. The van der Waals surface area contributed by atoms with Crippen molar-refractivity contribution in [2.75, 3.05) is 81.2 Å². The second-order valence-electron chi connectivity index (χ2n) is 22.9. The van der Waals surface area contributed by atoms with Crippen LogP contribution in [-0.2, 0) is 52.8 Å². The minimum Gasteiger partial charge on any atom is -0.507 e. The van der Waals surface area contributed by atoms with Crippen molar-refractivity contribution in [3.8, 4) is 69.6 Å². The molecule has 11 aromatic rings. The van der Waals surface area contributed by atoms with E-state index in [1.165, 1.54) is 33.6 Å². The molecule has 15 rings (SSSR count). The predicted molar refractivity (Wildman–Crippen MR) is 439 cm³/mol. The van der Waals surface area contributed by atoms with Crippen LogP contribution < -0.4 is 23.7 Å². The Morgan fingerprint density at radius 1 is 0.320 bits per heavy atom. The van der Waals surface area contributed by atoms with Crippen molar-refractivity contribution in [2.24, 2.45) is 41.1 Å². The second kappa shape index (κ2) is 47.1. The maximum absolute atomic E-state index is 15.1. The quantitative estimate of drug-likeness (QED) is 0.0222. The molecule has 2 N–H and O–H groups in total. The smallest absolute Gasteiger partial charge is 0.280 e. The number of phenols is 2. The molecule has 0 unspecified atom stereocenters. The molecule has 4 aromatic heterocycles. The molecule has 0 bridgehead atoms. The maximum atomic E-state index is 15.1. The number of aromatic hydroxyl groups is 2. The van der Waals surface area contributed by atoms with Crippen LogP contribution in [0.4, 0.5) is 17.6 Å². The molecule has 4 aliphatic rings. The number of para-hydroxylation sites is 7. The van der Waals surface area contributed by atoms with E-state index in [0.717, 1.165) is 19.0 Å². The van der Waals surface area contributed by atoms with Crippen LogP contribution in [0.2, 0.25) is 30.4 Å². The van der Waals surface area contributed by atoms with Crippen molar-refractivity contribution in [1.29, 1.82) is 0 Å². The van der Waals surface area contributed by atoms with Crippen molar-refractivity contribution in [3.05, 3.63) is 277 Å². The van der Waals surface area contributed by atoms with Gasteiger partial charge in [0.05, 0.1) is 36.8 Å². The van der Waals surface area contributed by atoms with Crippen molar-refractivity contribution in [1.82, 2.24) is 34.9 Å². The fraction of sp³-hybridized carbons (Fsp3) is 0.152. The van der Waals surface area contributed by atoms with Gasteiger partial charge in [-0.05, 0) is 112 Å². The molecule has 33 nitrogen and oxygen atoms in total. The highest BCUT2D eigenvalue weighted by Gasteiger charge is 2.29. The summed E-state index contributed by atoms with van der Waals surface area (Å²) in [6, 6.07) is 48.3. The number of benzene rings is 7. The number of oxime groups is 7. The third-order valence-corrected chi connectivity index (χ3v) is 16.7. The van der Waals surface area contributed by atoms with Crippen LogP contribution >= 0.6 is 69.6 Å². The maximum Gasteiger partial charge on any atom is 0.280 e. The standard InChI is InChI=1S/C21H16ClFN4O5.C21H16ClFN4O4.C15H12ClFN4O4.C11H12N2O4.C6H5ClO.C5H2Cl2FN/c1-28-26-18(21-27-30-11-10-29-21)13-6-2-4-8-15(13)31-19-17(23)20(25-12-24-19)32-16-9-5-3-7-14(16)22;1-24-18(21-27-29-11-10-28-21)13-6-2-4-8-15(13)30-19-17(23)20(26-12-25-19)31-16-9-5-3-7-14(16)22;1-22-20-12(15-21-24-7-6-23-15)9-4-2-3-5-10(9)25-14-11(17)13(16)18-8-19-14;1-15-12-10(11-13-17-7-6-16-11)8-4-2-3-5-9(8)14;7-5-3-1-2-4-6(5)8;6-3-1-2-9-5(7)4(3)8/h2-9,12H,10-11H2,1H3;2-9,12H,10-11H2,1H3;2-5,8H,6-7H2,1H3;2-5,14H,6-7H2,1H3;1-4,8H;1-2H/b26-18-;;20-12-;12-10-;;. The van der Waals surface area contributed by atoms with Crippen LogP contribution in [0, 0.1) is 23.3 Å². The summed E-state index contributed by atoms with van der Waals surface area (Å²) in [5.41, 5.74) is 2.93. The number of nitrogens with zero attached hydrogens (tertiary/aromatic N) is 15. The number of aromatic nitrogens is 7. The first-order valence-electron chi connectivity index (χ1n) is 35.0. The summed E-state index contributed by atoms with van der Waals surface area (Å²) < 4.78 is 106. The summed E-state index contributed by atoms with van der Waals surface area (Å²) in [5, 5.41) is 46.0. The summed E-state index contributed by atoms with van der Waals surface area (Å²) in [6.07, 6.45) is 4.67. The third-order valence-electron chi connectivity index (χ3n) is 14.9. The van der Waals surface area contributed by atoms with E-state index in [0.29, 0.717) is 95.0 Å². The Morgan fingerprint density at radius 3 is 0.951 bits per heavy atom. The summed E-state index contributed by atoms with van der Waals surface area (Å²) in [6.45, 7) is 2.69. The number of hydrogen-bond acceptors (Lipinski definition) is 33. The molecule has 0 atom stereocenters. The Hall–Kier alpha value is -13.9. The summed E-state index contributed by atoms with van der Waals surface area (Å²) >= 11 is 33.8. The lowest BCUT2D eigenvalue weighted by atomic mass is 10.1. The average Bonchev–Trinajstić information content (AvgIpc) is 0.998. The van der Waals surface area contributed by atoms with E-state index < -0.39 is 23.3 Å². The van der Waals surface area contributed by atoms with Crippen LogP contribution in [-0.4, -0.2) is 173 Å². The molecule has 7 aromatic carbocycles. The molecule has 8 heterocycles. The van der Waals surface area contributed by atoms with Crippen LogP contribution in [0.5, 0.6) is 69.6 Å². The van der Waals surface area contributed by atoms with Crippen LogP contribution in [0.15, 0.2) is 242 Å². The van der Waals surface area contributed by atoms with Gasteiger partial charge in [0.15, 0.2) is 59.7 Å². The Labute approximate surface area is 720 Å². The van der Waals surface area contributed by atoms with E-state index in [4.69, 9.17) is 151 Å². The van der Waals surface area contributed by atoms with Gasteiger partial charge in [-0.2, -0.15) is 38.1 Å². The zero-order chi connectivity index (χ0) is 86.5. The third kappa shape index (κ3) is 25.6. The second-order valence-corrected chi connectivity index (χ2v) is 25.2. The fourth-order valence-corrected chi connectivity index (χ4v) is 10.6. The molecule has 0 saturated carbocycles. The van der Waals surface area contributed by atoms with Crippen LogP contribution in [0.3, 0.4) is 0 Å². The Balaban J connectivity index is 0.000000162. The number of ether oxygens (including phenoxy) is 9. The van der Waals surface area contributed by atoms with Crippen molar-refractivity contribution in [2.45, 2.75) is 0 Å². The topological polar surface area (TPSA) is 377 Å². The molecular formula is C79H63Cl6F4N15O18. The largest absolute Gasteiger partial charge is 0.507 e. The number of phenolic OH excluding ortho intramolecular Hbond substituents is 2. The highest BCUT2D eigenvalue weighted by molar-refractivity contribution is 6.48. The van der Waals surface area contributed by atoms with E-state index >= 15 is 8.78 Å². The molecular weight excluding hydrogens is 1740 g/mol. The van der Waals surface area contributed by atoms with Gasteiger partial charge in [-0.3, -0.25) is 4.99 Å². The first-order chi connectivity index (χ1) is 59.4. The normalized spacial score (nSPS) is 13.4. The van der Waals surface area contributed by atoms with Gasteiger partial charge < -0.3 is 86.7 Å². The number of halogens is 10. The first-order valence-corrected chi connectivity index (χ1v) is 37.3. The highest BCUT2D eigenvalue weighted by atomic mass is 35.5. The van der Waals surface area contributed by atoms with Gasteiger partial charge in [0.2, 0.25) is 17.5 Å². The molecule has 4 aliphatic heterocycles. The number of rotatable bonds is 21. The number of hydrogen-bond donors (Lipinski definition) is 2. The molecule has 0 radical (unpaired) electrons. The highest BCUT2D eigenvalue weighted by Crippen LogP contribution is 2.38. The molecule has 0 spiro atoms. The summed E-state index contributed by atoms with van der Waals surface area (Å²) in [5.74, 6) is -3.01. The lowest BCUT2D eigenvalue weighted by molar-refractivity contribution is 0.0672. The molecule has 0 aliphatic carbocycles. The lowest BCUT2D eigenvalue weighted by Crippen LogP contribution is -2.25. The van der Waals surface area contributed by atoms with E-state index in [2.05, 4.69) is 76.0 Å². The molecule has 122 heavy (non-hydrogen) atoms. The van der Waals surface area contributed by atoms with Gasteiger partial charge in [-0.15, -0.1) is 0 Å². The zero-order valence-corrected chi connectivity index (χ0v) is 68.2. The van der Waals surface area contributed by atoms with E-state index in [1.54, 1.807) is 177 Å². The van der Waals surface area contributed by atoms with Gasteiger partial charge in [0.1, 0.15) is 113 Å². The minimum absolute atomic E-state index is 0.00463. The predicted octanol–water partition coefficient (Wildman–Crippen LogP) is 17.6. The lowest BCUT2D eigenvalue weighted by Gasteiger charge is -2.17. The van der Waals surface area contributed by atoms with E-state index in [1.807, 2.05) is 0 Å². The van der Waals surface area contributed by atoms with Crippen molar-refractivity contribution in [3.63, 3.8) is 0 Å². The van der Waals surface area contributed by atoms with E-state index in [9.17, 15) is 13.9 Å². The molecule has 43 heteroatoms. The Kier molecular flexibility index (Phi) is 34.9. The Morgan fingerprint density at radius 2 is 0.623 bits per heavy atom. The number of aliphatic imine (C=N–C) groups is 1. The van der Waals surface area contributed by atoms with E-state index in [-0.39, 0.29) is 127 Å². The summed E-state index contributed by atoms with van der Waals surface area (Å²) in [4.78, 5) is 65.0. The van der Waals surface area contributed by atoms with Gasteiger partial charge in [-0.25, -0.2) is 14.4 Å². The van der Waals surface area contributed by atoms with Gasteiger partial charge >= 0.3 is 0 Å². The first kappa shape index (κ1) is 90.5. The van der Waals surface area contributed by atoms with Gasteiger partial charge in [-0.1, -0.05) is 170 Å². The van der Waals surface area contributed by atoms with Crippen molar-refractivity contribution >= 4 is 116 Å². The van der Waals surface area contributed by atoms with Gasteiger partial charge in [0, 0.05) is 18.8 Å². The Bertz CT molecular complexity index is 5620. The molecule has 0 saturated heterocycles. The van der Waals surface area contributed by atoms with Crippen LogP contribution in [0.1, 0.15) is 22.3 Å².